The van der Waals surface area contributed by atoms with Crippen molar-refractivity contribution in [1.29, 1.82) is 0 Å². The van der Waals surface area contributed by atoms with E-state index in [1.165, 1.54) is 23.7 Å². The average Bonchev–Trinajstić information content (AvgIpc) is 3.21. The molecule has 3 aromatic rings. The zero-order valence-electron chi connectivity index (χ0n) is 15.4. The minimum atomic E-state index is -0.433. The Bertz CT molecular complexity index is 974. The van der Waals surface area contributed by atoms with E-state index < -0.39 is 5.91 Å². The first kappa shape index (κ1) is 18.9. The van der Waals surface area contributed by atoms with Gasteiger partial charge in [-0.15, -0.1) is 11.3 Å². The van der Waals surface area contributed by atoms with Crippen molar-refractivity contribution in [2.75, 3.05) is 36.4 Å². The van der Waals surface area contributed by atoms with E-state index in [2.05, 4.69) is 35.1 Å². The van der Waals surface area contributed by atoms with Gasteiger partial charge in [0.25, 0.3) is 5.91 Å². The molecule has 10 nitrogen and oxygen atoms in total. The van der Waals surface area contributed by atoms with Crippen molar-refractivity contribution >= 4 is 34.2 Å². The molecule has 0 atom stereocenters. The number of carbonyl (C=O) groups is 2. The molecule has 4 heterocycles. The summed E-state index contributed by atoms with van der Waals surface area (Å²) in [7, 11) is 0. The molecule has 3 aromatic heterocycles. The molecule has 1 fully saturated rings. The number of nitrogens with zero attached hydrogens (tertiary/aromatic N) is 7. The van der Waals surface area contributed by atoms with Crippen molar-refractivity contribution in [3.8, 4) is 0 Å². The summed E-state index contributed by atoms with van der Waals surface area (Å²) in [6.45, 7) is 2.59. The maximum Gasteiger partial charge on any atom is 0.295 e. The zero-order valence-corrected chi connectivity index (χ0v) is 16.2. The van der Waals surface area contributed by atoms with Crippen molar-refractivity contribution in [3.05, 3.63) is 53.8 Å². The molecule has 148 valence electrons. The Balaban J connectivity index is 1.29. The quantitative estimate of drug-likeness (QED) is 0.658. The van der Waals surface area contributed by atoms with Gasteiger partial charge in [0.15, 0.2) is 5.13 Å². The highest BCUT2D eigenvalue weighted by Gasteiger charge is 2.23. The van der Waals surface area contributed by atoms with Crippen molar-refractivity contribution in [2.24, 2.45) is 0 Å². The van der Waals surface area contributed by atoms with Crippen LogP contribution in [0.4, 0.5) is 11.1 Å². The molecule has 2 amide bonds. The van der Waals surface area contributed by atoms with E-state index >= 15 is 0 Å². The van der Waals surface area contributed by atoms with Gasteiger partial charge in [-0.25, -0.2) is 24.9 Å². The van der Waals surface area contributed by atoms with Gasteiger partial charge in [-0.2, -0.15) is 0 Å². The number of hydrogen-bond donors (Lipinski definition) is 1. The van der Waals surface area contributed by atoms with Crippen LogP contribution in [0.15, 0.2) is 42.3 Å². The summed E-state index contributed by atoms with van der Waals surface area (Å²) in [6, 6.07) is 3.41. The summed E-state index contributed by atoms with van der Waals surface area (Å²) in [5.41, 5.74) is 0.623. The standard InChI is InChI=1S/C18H18N8O2S/c27-14(25-7-9-26(10-8-25)17-21-5-2-6-22-17)11-13-12-29-18(23-13)24-16(28)15-19-3-1-4-20-15/h1-6,12H,7-11H2,(H,23,24,28). The van der Waals surface area contributed by atoms with E-state index in [1.807, 2.05) is 4.90 Å². The van der Waals surface area contributed by atoms with E-state index in [0.29, 0.717) is 43.0 Å². The van der Waals surface area contributed by atoms with Crippen molar-refractivity contribution in [2.45, 2.75) is 6.42 Å². The fraction of sp³-hybridized carbons (Fsp3) is 0.278. The van der Waals surface area contributed by atoms with Gasteiger partial charge >= 0.3 is 0 Å². The summed E-state index contributed by atoms with van der Waals surface area (Å²) in [5.74, 6) is 0.327. The second kappa shape index (κ2) is 8.69. The lowest BCUT2D eigenvalue weighted by molar-refractivity contribution is -0.130. The van der Waals surface area contributed by atoms with Crippen LogP contribution in [0.1, 0.15) is 16.3 Å². The van der Waals surface area contributed by atoms with Crippen molar-refractivity contribution in [1.82, 2.24) is 29.8 Å². The smallest absolute Gasteiger partial charge is 0.295 e. The van der Waals surface area contributed by atoms with Crippen LogP contribution in [0, 0.1) is 0 Å². The molecule has 1 N–H and O–H groups in total. The molecule has 0 saturated carbocycles. The lowest BCUT2D eigenvalue weighted by Crippen LogP contribution is -2.49. The van der Waals surface area contributed by atoms with Gasteiger partial charge in [-0.05, 0) is 12.1 Å². The predicted octanol–water partition coefficient (Wildman–Crippen LogP) is 0.867. The number of carbonyl (C=O) groups excluding carboxylic acids is 2. The number of thiazole rings is 1. The van der Waals surface area contributed by atoms with Gasteiger partial charge in [-0.1, -0.05) is 0 Å². The minimum absolute atomic E-state index is 0.00759. The van der Waals surface area contributed by atoms with Crippen LogP contribution in [0.25, 0.3) is 0 Å². The third-order valence-corrected chi connectivity index (χ3v) is 5.15. The highest BCUT2D eigenvalue weighted by molar-refractivity contribution is 7.14. The molecule has 0 aliphatic carbocycles. The minimum Gasteiger partial charge on any atom is -0.339 e. The Hall–Kier alpha value is -3.47. The van der Waals surface area contributed by atoms with Gasteiger partial charge in [0.1, 0.15) is 0 Å². The van der Waals surface area contributed by atoms with E-state index in [9.17, 15) is 9.59 Å². The monoisotopic (exact) mass is 410 g/mol. The summed E-state index contributed by atoms with van der Waals surface area (Å²) >= 11 is 1.26. The lowest BCUT2D eigenvalue weighted by atomic mass is 10.2. The van der Waals surface area contributed by atoms with Gasteiger partial charge in [0.05, 0.1) is 12.1 Å². The molecule has 1 aliphatic heterocycles. The zero-order chi connectivity index (χ0) is 20.1. The maximum atomic E-state index is 12.6. The molecule has 11 heteroatoms. The van der Waals surface area contributed by atoms with E-state index in [4.69, 9.17) is 0 Å². The average molecular weight is 410 g/mol. The van der Waals surface area contributed by atoms with Crippen molar-refractivity contribution < 1.29 is 9.59 Å². The third kappa shape index (κ3) is 4.69. The normalized spacial score (nSPS) is 13.9. The topological polar surface area (TPSA) is 117 Å². The molecule has 4 rings (SSSR count). The fourth-order valence-electron chi connectivity index (χ4n) is 2.89. The molecular formula is C18H18N8O2S. The molecule has 0 bridgehead atoms. The van der Waals surface area contributed by atoms with Crippen LogP contribution in [-0.4, -0.2) is 67.8 Å². The summed E-state index contributed by atoms with van der Waals surface area (Å²) < 4.78 is 0. The Labute approximate surface area is 170 Å². The van der Waals surface area contributed by atoms with Gasteiger partial charge in [0, 0.05) is 56.3 Å². The molecule has 29 heavy (non-hydrogen) atoms. The number of amides is 2. The summed E-state index contributed by atoms with van der Waals surface area (Å²) in [5, 5.41) is 4.84. The third-order valence-electron chi connectivity index (χ3n) is 4.34. The van der Waals surface area contributed by atoms with Gasteiger partial charge in [0.2, 0.25) is 17.7 Å². The summed E-state index contributed by atoms with van der Waals surface area (Å²) in [4.78, 5) is 49.2. The Morgan fingerprint density at radius 3 is 2.31 bits per heavy atom. The second-order valence-corrected chi connectivity index (χ2v) is 7.12. The van der Waals surface area contributed by atoms with Crippen LogP contribution >= 0.6 is 11.3 Å². The first-order chi connectivity index (χ1) is 14.2. The Kier molecular flexibility index (Phi) is 5.66. The second-order valence-electron chi connectivity index (χ2n) is 6.26. The fourth-order valence-corrected chi connectivity index (χ4v) is 3.60. The number of piperazine rings is 1. The van der Waals surface area contributed by atoms with E-state index in [0.717, 1.165) is 0 Å². The predicted molar refractivity (Wildman–Crippen MR) is 107 cm³/mol. The molecule has 0 aromatic carbocycles. The number of nitrogens with one attached hydrogen (secondary N) is 1. The molecule has 1 saturated heterocycles. The largest absolute Gasteiger partial charge is 0.339 e. The number of hydrogen-bond acceptors (Lipinski definition) is 9. The van der Waals surface area contributed by atoms with Gasteiger partial charge < -0.3 is 9.80 Å². The highest BCUT2D eigenvalue weighted by atomic mass is 32.1. The molecule has 0 spiro atoms. The number of anilines is 2. The highest BCUT2D eigenvalue weighted by Crippen LogP contribution is 2.17. The van der Waals surface area contributed by atoms with E-state index in [-0.39, 0.29) is 18.2 Å². The van der Waals surface area contributed by atoms with Crippen LogP contribution < -0.4 is 10.2 Å². The number of rotatable bonds is 5. The lowest BCUT2D eigenvalue weighted by Gasteiger charge is -2.34. The summed E-state index contributed by atoms with van der Waals surface area (Å²) in [6.07, 6.45) is 6.61. The SMILES string of the molecule is O=C(Nc1nc(CC(=O)N2CCN(c3ncccn3)CC2)cs1)c1ncccn1. The molecule has 0 radical (unpaired) electrons. The van der Waals surface area contributed by atoms with E-state index in [1.54, 1.807) is 29.9 Å². The van der Waals surface area contributed by atoms with Crippen LogP contribution in [0.2, 0.25) is 0 Å². The van der Waals surface area contributed by atoms with Crippen molar-refractivity contribution in [3.63, 3.8) is 0 Å². The molecular weight excluding hydrogens is 392 g/mol. The van der Waals surface area contributed by atoms with Crippen LogP contribution in [-0.2, 0) is 11.2 Å². The first-order valence-electron chi connectivity index (χ1n) is 9.01. The Morgan fingerprint density at radius 2 is 1.62 bits per heavy atom. The Morgan fingerprint density at radius 1 is 0.966 bits per heavy atom. The maximum absolute atomic E-state index is 12.6. The van der Waals surface area contributed by atoms with Crippen LogP contribution in [0.5, 0.6) is 0 Å². The molecule has 1 aliphatic rings. The van der Waals surface area contributed by atoms with Gasteiger partial charge in [-0.3, -0.25) is 14.9 Å². The van der Waals surface area contributed by atoms with Crippen LogP contribution in [0.3, 0.4) is 0 Å². The number of aromatic nitrogens is 5. The molecule has 0 unspecified atom stereocenters. The first-order valence-corrected chi connectivity index (χ1v) is 9.89.